The Hall–Kier alpha value is -0.370. The maximum Gasteiger partial charge on any atom is 0.225 e. The number of hydrogen-bond donors (Lipinski definition) is 3. The van der Waals surface area contributed by atoms with Gasteiger partial charge in [0.05, 0.1) is 11.7 Å². The molecule has 0 aromatic heterocycles. The van der Waals surface area contributed by atoms with Crippen LogP contribution < -0.4 is 15.4 Å². The fourth-order valence-electron chi connectivity index (χ4n) is 1.35. The van der Waals surface area contributed by atoms with Gasteiger partial charge in [0.1, 0.15) is 0 Å². The van der Waals surface area contributed by atoms with Gasteiger partial charge >= 0.3 is 0 Å². The van der Waals surface area contributed by atoms with E-state index in [1.807, 2.05) is 0 Å². The molecule has 1 aliphatic heterocycles. The number of nitrogens with one attached hydrogen (secondary N) is 3. The van der Waals surface area contributed by atoms with Crippen molar-refractivity contribution in [1.82, 2.24) is 15.4 Å². The van der Waals surface area contributed by atoms with E-state index in [0.29, 0.717) is 13.1 Å². The molecule has 0 aromatic rings. The molecule has 1 heterocycles. The van der Waals surface area contributed by atoms with Gasteiger partial charge in [0.2, 0.25) is 15.9 Å². The average Bonchev–Trinajstić information content (AvgIpc) is 1.96. The number of amides is 1. The highest BCUT2D eigenvalue weighted by molar-refractivity contribution is 7.89. The zero-order valence-electron chi connectivity index (χ0n) is 10.0. The minimum atomic E-state index is -3.27. The van der Waals surface area contributed by atoms with Crippen LogP contribution >= 0.6 is 12.4 Å². The fraction of sp³-hybridized carbons (Fsp3) is 0.889. The van der Waals surface area contributed by atoms with E-state index in [0.717, 1.165) is 0 Å². The third-order valence-corrected chi connectivity index (χ3v) is 3.81. The van der Waals surface area contributed by atoms with Crippen molar-refractivity contribution in [3.05, 3.63) is 0 Å². The van der Waals surface area contributed by atoms with E-state index in [4.69, 9.17) is 0 Å². The summed E-state index contributed by atoms with van der Waals surface area (Å²) < 4.78 is 25.3. The second-order valence-corrected chi connectivity index (χ2v) is 6.11. The predicted octanol–water partition coefficient (Wildman–Crippen LogP) is -0.928. The Morgan fingerprint density at radius 1 is 1.41 bits per heavy atom. The van der Waals surface area contributed by atoms with Crippen LogP contribution in [0.2, 0.25) is 0 Å². The van der Waals surface area contributed by atoms with E-state index in [2.05, 4.69) is 15.4 Å². The zero-order chi connectivity index (χ0) is 12.2. The van der Waals surface area contributed by atoms with Gasteiger partial charge in [-0.05, 0) is 13.8 Å². The van der Waals surface area contributed by atoms with Gasteiger partial charge < -0.3 is 10.6 Å². The monoisotopic (exact) mass is 285 g/mol. The second kappa shape index (κ2) is 7.15. The number of sulfonamides is 1. The molecule has 1 aliphatic rings. The van der Waals surface area contributed by atoms with Crippen molar-refractivity contribution < 1.29 is 13.2 Å². The molecular formula is C9H20ClN3O3S. The number of rotatable bonds is 6. The summed E-state index contributed by atoms with van der Waals surface area (Å²) in [6.45, 7) is 5.05. The summed E-state index contributed by atoms with van der Waals surface area (Å²) >= 11 is 0. The van der Waals surface area contributed by atoms with Crippen LogP contribution in [0.5, 0.6) is 0 Å². The Bertz CT molecular complexity index is 341. The van der Waals surface area contributed by atoms with Gasteiger partial charge in [-0.2, -0.15) is 0 Å². The van der Waals surface area contributed by atoms with Crippen molar-refractivity contribution in [2.45, 2.75) is 19.9 Å². The van der Waals surface area contributed by atoms with Gasteiger partial charge in [-0.3, -0.25) is 4.79 Å². The fourth-order valence-corrected chi connectivity index (χ4v) is 2.55. The van der Waals surface area contributed by atoms with Crippen LogP contribution in [-0.4, -0.2) is 45.8 Å². The van der Waals surface area contributed by atoms with Crippen LogP contribution in [-0.2, 0) is 14.8 Å². The van der Waals surface area contributed by atoms with E-state index < -0.39 is 10.0 Å². The highest BCUT2D eigenvalue weighted by Gasteiger charge is 2.24. The first-order valence-electron chi connectivity index (χ1n) is 5.39. The Kier molecular flexibility index (Phi) is 6.99. The highest BCUT2D eigenvalue weighted by Crippen LogP contribution is 2.01. The van der Waals surface area contributed by atoms with Crippen molar-refractivity contribution in [1.29, 1.82) is 0 Å². The molecule has 0 bridgehead atoms. The van der Waals surface area contributed by atoms with Gasteiger partial charge in [-0.1, -0.05) is 0 Å². The maximum absolute atomic E-state index is 11.4. The quantitative estimate of drug-likeness (QED) is 0.589. The van der Waals surface area contributed by atoms with Crippen molar-refractivity contribution in [2.75, 3.05) is 25.4 Å². The average molecular weight is 286 g/mol. The van der Waals surface area contributed by atoms with E-state index in [-0.39, 0.29) is 42.6 Å². The third kappa shape index (κ3) is 6.21. The Morgan fingerprint density at radius 3 is 2.41 bits per heavy atom. The Balaban J connectivity index is 0.00000256. The molecule has 102 valence electrons. The van der Waals surface area contributed by atoms with Crippen molar-refractivity contribution in [3.8, 4) is 0 Å². The van der Waals surface area contributed by atoms with E-state index >= 15 is 0 Å². The molecule has 3 N–H and O–H groups in total. The van der Waals surface area contributed by atoms with E-state index in [9.17, 15) is 13.2 Å². The number of carbonyl (C=O) groups is 1. The summed E-state index contributed by atoms with van der Waals surface area (Å²) in [6, 6.07) is -0.114. The van der Waals surface area contributed by atoms with Crippen LogP contribution in [0.1, 0.15) is 13.8 Å². The van der Waals surface area contributed by atoms with Crippen molar-refractivity contribution in [3.63, 3.8) is 0 Å². The molecule has 6 nitrogen and oxygen atoms in total. The predicted molar refractivity (Wildman–Crippen MR) is 68.7 cm³/mol. The summed E-state index contributed by atoms with van der Waals surface area (Å²) in [5.74, 6) is -0.142. The van der Waals surface area contributed by atoms with Crippen LogP contribution in [0.3, 0.4) is 0 Å². The lowest BCUT2D eigenvalue weighted by Crippen LogP contribution is -2.51. The first-order chi connectivity index (χ1) is 7.41. The molecule has 0 aromatic carbocycles. The molecule has 1 saturated heterocycles. The molecule has 1 rings (SSSR count). The molecule has 8 heteroatoms. The SMILES string of the molecule is CC(C)NS(=O)(=O)CCNC(=O)C1CNC1.Cl. The minimum absolute atomic E-state index is 0. The summed E-state index contributed by atoms with van der Waals surface area (Å²) in [5, 5.41) is 5.60. The third-order valence-electron chi connectivity index (χ3n) is 2.24. The molecule has 0 spiro atoms. The number of halogens is 1. The topological polar surface area (TPSA) is 87.3 Å². The minimum Gasteiger partial charge on any atom is -0.355 e. The highest BCUT2D eigenvalue weighted by atomic mass is 35.5. The zero-order valence-corrected chi connectivity index (χ0v) is 11.7. The first-order valence-corrected chi connectivity index (χ1v) is 7.04. The molecular weight excluding hydrogens is 266 g/mol. The van der Waals surface area contributed by atoms with E-state index in [1.165, 1.54) is 0 Å². The second-order valence-electron chi connectivity index (χ2n) is 4.24. The molecule has 1 amide bonds. The van der Waals surface area contributed by atoms with Gasteiger partial charge in [-0.25, -0.2) is 13.1 Å². The smallest absolute Gasteiger partial charge is 0.225 e. The summed E-state index contributed by atoms with van der Waals surface area (Å²) in [5.41, 5.74) is 0. The molecule has 0 atom stereocenters. The maximum atomic E-state index is 11.4. The lowest BCUT2D eigenvalue weighted by atomic mass is 10.0. The standard InChI is InChI=1S/C9H19N3O3S.ClH/c1-7(2)12-16(14,15)4-3-11-9(13)8-5-10-6-8;/h7-8,10,12H,3-6H2,1-2H3,(H,11,13);1H. The molecule has 0 radical (unpaired) electrons. The van der Waals surface area contributed by atoms with E-state index in [1.54, 1.807) is 13.8 Å². The van der Waals surface area contributed by atoms with Gasteiger partial charge in [0.15, 0.2) is 0 Å². The normalized spacial score (nSPS) is 16.2. The molecule has 0 aliphatic carbocycles. The van der Waals surface area contributed by atoms with Gasteiger partial charge in [0, 0.05) is 25.7 Å². The van der Waals surface area contributed by atoms with Crippen LogP contribution in [0.25, 0.3) is 0 Å². The number of carbonyl (C=O) groups excluding carboxylic acids is 1. The lowest BCUT2D eigenvalue weighted by molar-refractivity contribution is -0.126. The largest absolute Gasteiger partial charge is 0.355 e. The van der Waals surface area contributed by atoms with Crippen molar-refractivity contribution >= 4 is 28.3 Å². The summed E-state index contributed by atoms with van der Waals surface area (Å²) in [6.07, 6.45) is 0. The Morgan fingerprint density at radius 2 is 2.00 bits per heavy atom. The number of hydrogen-bond acceptors (Lipinski definition) is 4. The lowest BCUT2D eigenvalue weighted by Gasteiger charge is -2.25. The van der Waals surface area contributed by atoms with Crippen LogP contribution in [0.4, 0.5) is 0 Å². The molecule has 17 heavy (non-hydrogen) atoms. The summed E-state index contributed by atoms with van der Waals surface area (Å²) in [4.78, 5) is 11.4. The van der Waals surface area contributed by atoms with Crippen molar-refractivity contribution in [2.24, 2.45) is 5.92 Å². The Labute approximate surface area is 108 Å². The molecule has 0 unspecified atom stereocenters. The van der Waals surface area contributed by atoms with Crippen LogP contribution in [0, 0.1) is 5.92 Å². The molecule has 1 fully saturated rings. The van der Waals surface area contributed by atoms with Gasteiger partial charge in [-0.15, -0.1) is 12.4 Å². The van der Waals surface area contributed by atoms with Gasteiger partial charge in [0.25, 0.3) is 0 Å². The summed E-state index contributed by atoms with van der Waals surface area (Å²) in [7, 11) is -3.27. The van der Waals surface area contributed by atoms with Crippen LogP contribution in [0.15, 0.2) is 0 Å². The molecule has 0 saturated carbocycles. The first kappa shape index (κ1) is 16.6.